The summed E-state index contributed by atoms with van der Waals surface area (Å²) in [4.78, 5) is 13.5. The van der Waals surface area contributed by atoms with E-state index in [-0.39, 0.29) is 16.3 Å². The second kappa shape index (κ2) is 9.38. The predicted octanol–water partition coefficient (Wildman–Crippen LogP) is 4.81. The molecule has 0 bridgehead atoms. The quantitative estimate of drug-likeness (QED) is 0.308. The largest absolute Gasteiger partial charge is 0.382 e. The van der Waals surface area contributed by atoms with Gasteiger partial charge in [-0.2, -0.15) is 8.42 Å². The minimum atomic E-state index is -4.01. The van der Waals surface area contributed by atoms with Crippen molar-refractivity contribution in [3.63, 3.8) is 0 Å². The van der Waals surface area contributed by atoms with Crippen molar-refractivity contribution in [2.75, 3.05) is 18.0 Å². The molecule has 0 amide bonds. The van der Waals surface area contributed by atoms with Gasteiger partial charge in [0.1, 0.15) is 11.5 Å². The minimum absolute atomic E-state index is 0.151. The molecule has 0 atom stereocenters. The van der Waals surface area contributed by atoms with Gasteiger partial charge < -0.3 is 9.08 Å². The normalized spacial score (nSPS) is 11.4. The van der Waals surface area contributed by atoms with Crippen LogP contribution in [0.3, 0.4) is 0 Å². The first-order chi connectivity index (χ1) is 13.2. The average Bonchev–Trinajstić information content (AvgIpc) is 2.94. The predicted molar refractivity (Wildman–Crippen MR) is 113 cm³/mol. The summed E-state index contributed by atoms with van der Waals surface area (Å²) in [6, 6.07) is 6.71. The van der Waals surface area contributed by atoms with Crippen LogP contribution >= 0.6 is 11.3 Å². The van der Waals surface area contributed by atoms with Crippen molar-refractivity contribution in [2.45, 2.75) is 46.3 Å². The van der Waals surface area contributed by atoms with E-state index in [4.69, 9.17) is 4.18 Å². The summed E-state index contributed by atoms with van der Waals surface area (Å²) in [6.07, 6.45) is 2.04. The first-order valence-corrected chi connectivity index (χ1v) is 11.6. The van der Waals surface area contributed by atoms with Crippen LogP contribution in [0.1, 0.15) is 42.7 Å². The highest BCUT2D eigenvalue weighted by molar-refractivity contribution is 7.86. The molecule has 2 aromatic rings. The fourth-order valence-electron chi connectivity index (χ4n) is 3.11. The molecule has 0 fully saturated rings. The van der Waals surface area contributed by atoms with E-state index in [9.17, 15) is 18.5 Å². The summed E-state index contributed by atoms with van der Waals surface area (Å²) in [5.74, 6) is -0.324. The number of anilines is 1. The number of hydrogen-bond acceptors (Lipinski definition) is 7. The molecule has 0 aliphatic carbocycles. The fraction of sp³-hybridized carbons (Fsp3) is 0.474. The maximum Gasteiger partial charge on any atom is 0.328 e. The van der Waals surface area contributed by atoms with Crippen LogP contribution in [-0.2, 0) is 15.9 Å². The van der Waals surface area contributed by atoms with Crippen LogP contribution in [0, 0.1) is 24.0 Å². The van der Waals surface area contributed by atoms with E-state index in [2.05, 4.69) is 18.7 Å². The fourth-order valence-corrected chi connectivity index (χ4v) is 5.10. The van der Waals surface area contributed by atoms with Crippen LogP contribution in [-0.4, -0.2) is 26.4 Å². The summed E-state index contributed by atoms with van der Waals surface area (Å²) in [5.41, 5.74) is 2.13. The Balaban J connectivity index is 2.20. The van der Waals surface area contributed by atoms with Crippen molar-refractivity contribution in [2.24, 2.45) is 0 Å². The maximum absolute atomic E-state index is 12.4. The van der Waals surface area contributed by atoms with Crippen LogP contribution in [0.2, 0.25) is 0 Å². The lowest BCUT2D eigenvalue weighted by Gasteiger charge is -2.25. The molecule has 154 valence electrons. The Hall–Kier alpha value is -2.13. The molecule has 1 aromatic heterocycles. The number of nitrogens with zero attached hydrogens (tertiary/aromatic N) is 2. The van der Waals surface area contributed by atoms with Gasteiger partial charge in [-0.1, -0.05) is 25.2 Å². The van der Waals surface area contributed by atoms with Crippen molar-refractivity contribution in [3.8, 4) is 5.75 Å². The zero-order valence-corrected chi connectivity index (χ0v) is 18.2. The van der Waals surface area contributed by atoms with E-state index >= 15 is 0 Å². The van der Waals surface area contributed by atoms with E-state index in [0.717, 1.165) is 48.5 Å². The van der Waals surface area contributed by atoms with Gasteiger partial charge in [-0.3, -0.25) is 10.1 Å². The average molecular weight is 427 g/mol. The molecular weight excluding hydrogens is 400 g/mol. The highest BCUT2D eigenvalue weighted by Crippen LogP contribution is 2.32. The van der Waals surface area contributed by atoms with Gasteiger partial charge in [-0.15, -0.1) is 0 Å². The second-order valence-corrected chi connectivity index (χ2v) is 9.47. The molecule has 0 unspecified atom stereocenters. The van der Waals surface area contributed by atoms with Gasteiger partial charge in [0, 0.05) is 23.7 Å². The van der Waals surface area contributed by atoms with Crippen LogP contribution in [0.25, 0.3) is 0 Å². The van der Waals surface area contributed by atoms with E-state index < -0.39 is 20.8 Å². The Labute approximate surface area is 170 Å². The summed E-state index contributed by atoms with van der Waals surface area (Å²) >= 11 is 0.962. The Morgan fingerprint density at radius 2 is 1.79 bits per heavy atom. The highest BCUT2D eigenvalue weighted by atomic mass is 32.2. The van der Waals surface area contributed by atoms with Gasteiger partial charge in [-0.25, -0.2) is 0 Å². The van der Waals surface area contributed by atoms with Crippen molar-refractivity contribution in [1.82, 2.24) is 0 Å². The van der Waals surface area contributed by atoms with E-state index in [1.54, 1.807) is 19.1 Å². The van der Waals surface area contributed by atoms with Crippen LogP contribution in [0.5, 0.6) is 5.75 Å². The van der Waals surface area contributed by atoms with E-state index in [0.29, 0.717) is 4.88 Å². The molecule has 1 aromatic carbocycles. The van der Waals surface area contributed by atoms with Crippen molar-refractivity contribution >= 4 is 32.1 Å². The summed E-state index contributed by atoms with van der Waals surface area (Å²) in [6.45, 7) is 9.71. The zero-order chi connectivity index (χ0) is 20.9. The van der Waals surface area contributed by atoms with Gasteiger partial charge in [0.05, 0.1) is 10.5 Å². The smallest absolute Gasteiger partial charge is 0.328 e. The number of hydrogen-bond donors (Lipinski definition) is 0. The lowest BCUT2D eigenvalue weighted by molar-refractivity contribution is -0.380. The Kier molecular flexibility index (Phi) is 7.42. The number of nitro groups is 1. The molecule has 0 aliphatic rings. The monoisotopic (exact) mass is 426 g/mol. The van der Waals surface area contributed by atoms with Gasteiger partial charge in [0.25, 0.3) is 0 Å². The third-order valence-corrected chi connectivity index (χ3v) is 6.28. The molecule has 7 nitrogen and oxygen atoms in total. The number of thiophene rings is 1. The topological polar surface area (TPSA) is 89.8 Å². The van der Waals surface area contributed by atoms with Crippen molar-refractivity contribution in [1.29, 1.82) is 0 Å². The molecule has 28 heavy (non-hydrogen) atoms. The molecule has 0 saturated carbocycles. The lowest BCUT2D eigenvalue weighted by Crippen LogP contribution is -2.25. The molecule has 0 radical (unpaired) electrons. The maximum atomic E-state index is 12.4. The number of benzene rings is 1. The summed E-state index contributed by atoms with van der Waals surface area (Å²) < 4.78 is 30.1. The van der Waals surface area contributed by atoms with Gasteiger partial charge in [-0.05, 0) is 56.5 Å². The molecular formula is C19H26N2O5S2. The van der Waals surface area contributed by atoms with Crippen molar-refractivity contribution in [3.05, 3.63) is 50.4 Å². The third-order valence-electron chi connectivity index (χ3n) is 4.13. The molecule has 0 spiro atoms. The van der Waals surface area contributed by atoms with E-state index in [1.165, 1.54) is 6.07 Å². The van der Waals surface area contributed by atoms with Gasteiger partial charge in [0.2, 0.25) is 0 Å². The molecule has 9 heteroatoms. The first-order valence-electron chi connectivity index (χ1n) is 9.18. The molecule has 1 heterocycles. The van der Waals surface area contributed by atoms with Crippen LogP contribution < -0.4 is 9.08 Å². The summed E-state index contributed by atoms with van der Waals surface area (Å²) in [7, 11) is -4.01. The standard InChI is InChI=1S/C19H26N2O5S2/c1-5-9-20(10-6-2)18-8-7-17(11-14(18)3)26-28(24,25)13-16-12-15(4)27-19(16)21(22)23/h7-8,11-12H,5-6,9-10,13H2,1-4H3. The Morgan fingerprint density at radius 1 is 1.14 bits per heavy atom. The van der Waals surface area contributed by atoms with Gasteiger partial charge in [0.15, 0.2) is 0 Å². The van der Waals surface area contributed by atoms with Crippen LogP contribution in [0.15, 0.2) is 24.3 Å². The van der Waals surface area contributed by atoms with Gasteiger partial charge >= 0.3 is 15.1 Å². The molecule has 2 rings (SSSR count). The number of rotatable bonds is 10. The van der Waals surface area contributed by atoms with Crippen LogP contribution in [0.4, 0.5) is 10.7 Å². The molecule has 0 N–H and O–H groups in total. The highest BCUT2D eigenvalue weighted by Gasteiger charge is 2.25. The molecule has 0 aliphatic heterocycles. The Morgan fingerprint density at radius 3 is 2.32 bits per heavy atom. The minimum Gasteiger partial charge on any atom is -0.382 e. The lowest BCUT2D eigenvalue weighted by atomic mass is 10.1. The summed E-state index contributed by atoms with van der Waals surface area (Å²) in [5, 5.41) is 10.9. The molecule has 0 saturated heterocycles. The second-order valence-electron chi connectivity index (χ2n) is 6.67. The zero-order valence-electron chi connectivity index (χ0n) is 16.6. The van der Waals surface area contributed by atoms with E-state index in [1.807, 2.05) is 13.0 Å². The van der Waals surface area contributed by atoms with Crippen molar-refractivity contribution < 1.29 is 17.5 Å². The SMILES string of the molecule is CCCN(CCC)c1ccc(OS(=O)(=O)Cc2cc(C)sc2[N+](=O)[O-])cc1C. The number of aryl methyl sites for hydroxylation is 2. The third kappa shape index (κ3) is 5.68. The Bertz CT molecular complexity index is 932. The first kappa shape index (κ1) is 22.2.